The van der Waals surface area contributed by atoms with Gasteiger partial charge in [0, 0.05) is 19.1 Å². The highest BCUT2D eigenvalue weighted by molar-refractivity contribution is 7.19. The van der Waals surface area contributed by atoms with Gasteiger partial charge in [-0.1, -0.05) is 6.92 Å². The van der Waals surface area contributed by atoms with E-state index < -0.39 is 5.91 Å². The van der Waals surface area contributed by atoms with E-state index >= 15 is 0 Å². The smallest absolute Gasteiger partial charge is 0.261 e. The molecule has 4 N–H and O–H groups in total. The van der Waals surface area contributed by atoms with Gasteiger partial charge in [0.15, 0.2) is 0 Å². The Morgan fingerprint density at radius 2 is 2.24 bits per heavy atom. The number of nitrogen functional groups attached to an aromatic ring is 1. The van der Waals surface area contributed by atoms with E-state index in [1.807, 2.05) is 0 Å². The summed E-state index contributed by atoms with van der Waals surface area (Å²) in [6, 6.07) is 2.44. The molecule has 1 atom stereocenters. The van der Waals surface area contributed by atoms with E-state index in [1.54, 1.807) is 0 Å². The molecule has 7 heteroatoms. The molecule has 0 spiro atoms. The second kappa shape index (κ2) is 6.33. The SMILES string of the molecule is CCC1CN(C)CCCN1c1sc(C(N)=O)c(N)c1C#N. The van der Waals surface area contributed by atoms with E-state index in [4.69, 9.17) is 11.5 Å². The maximum atomic E-state index is 11.5. The minimum atomic E-state index is -0.569. The first-order valence-electron chi connectivity index (χ1n) is 7.06. The van der Waals surface area contributed by atoms with E-state index in [2.05, 4.69) is 29.8 Å². The summed E-state index contributed by atoms with van der Waals surface area (Å²) >= 11 is 1.24. The highest BCUT2D eigenvalue weighted by Crippen LogP contribution is 2.39. The fourth-order valence-electron chi connectivity index (χ4n) is 2.78. The van der Waals surface area contributed by atoms with E-state index in [0.717, 1.165) is 37.5 Å². The Bertz CT molecular complexity index is 577. The summed E-state index contributed by atoms with van der Waals surface area (Å²) < 4.78 is 0. The van der Waals surface area contributed by atoms with Gasteiger partial charge in [-0.2, -0.15) is 5.26 Å². The number of amides is 1. The van der Waals surface area contributed by atoms with E-state index in [9.17, 15) is 10.1 Å². The van der Waals surface area contributed by atoms with Crippen LogP contribution in [0, 0.1) is 11.3 Å². The number of carbonyl (C=O) groups excluding carboxylic acids is 1. The lowest BCUT2D eigenvalue weighted by atomic mass is 10.1. The zero-order valence-corrected chi connectivity index (χ0v) is 13.2. The Hall–Kier alpha value is -1.78. The third-order valence-electron chi connectivity index (χ3n) is 3.90. The molecule has 1 unspecified atom stereocenters. The van der Waals surface area contributed by atoms with E-state index in [1.165, 1.54) is 11.3 Å². The number of carbonyl (C=O) groups is 1. The summed E-state index contributed by atoms with van der Waals surface area (Å²) in [4.78, 5) is 16.3. The first-order chi connectivity index (χ1) is 9.99. The average molecular weight is 307 g/mol. The fourth-order valence-corrected chi connectivity index (χ4v) is 3.91. The third kappa shape index (κ3) is 2.96. The van der Waals surface area contributed by atoms with Crippen molar-refractivity contribution in [1.82, 2.24) is 4.90 Å². The Morgan fingerprint density at radius 3 is 2.81 bits per heavy atom. The summed E-state index contributed by atoms with van der Waals surface area (Å²) in [6.45, 7) is 4.95. The first-order valence-corrected chi connectivity index (χ1v) is 7.88. The molecule has 1 amide bonds. The second-order valence-electron chi connectivity index (χ2n) is 5.37. The third-order valence-corrected chi connectivity index (χ3v) is 5.15. The molecule has 0 aliphatic carbocycles. The molecule has 114 valence electrons. The van der Waals surface area contributed by atoms with Crippen LogP contribution < -0.4 is 16.4 Å². The van der Waals surface area contributed by atoms with E-state index in [0.29, 0.717) is 11.6 Å². The van der Waals surface area contributed by atoms with Gasteiger partial charge >= 0.3 is 0 Å². The first kappa shape index (κ1) is 15.6. The minimum absolute atomic E-state index is 0.220. The van der Waals surface area contributed by atoms with Gasteiger partial charge in [0.2, 0.25) is 0 Å². The molecule has 0 saturated carbocycles. The van der Waals surface area contributed by atoms with Crippen LogP contribution in [0.1, 0.15) is 35.0 Å². The zero-order valence-electron chi connectivity index (χ0n) is 12.4. The average Bonchev–Trinajstić information content (AvgIpc) is 2.65. The van der Waals surface area contributed by atoms with Crippen LogP contribution in [0.3, 0.4) is 0 Å². The molecule has 1 aromatic heterocycles. The van der Waals surface area contributed by atoms with Crippen LogP contribution in [0.4, 0.5) is 10.7 Å². The van der Waals surface area contributed by atoms with Crippen molar-refractivity contribution < 1.29 is 4.79 Å². The highest BCUT2D eigenvalue weighted by atomic mass is 32.1. The molecule has 2 heterocycles. The maximum Gasteiger partial charge on any atom is 0.261 e. The number of anilines is 2. The highest BCUT2D eigenvalue weighted by Gasteiger charge is 2.29. The number of primary amides is 1. The van der Waals surface area contributed by atoms with Crippen LogP contribution in [0.25, 0.3) is 0 Å². The van der Waals surface area contributed by atoms with Gasteiger partial charge in [0.1, 0.15) is 21.5 Å². The number of hydrogen-bond donors (Lipinski definition) is 2. The summed E-state index contributed by atoms with van der Waals surface area (Å²) in [5, 5.41) is 10.2. The lowest BCUT2D eigenvalue weighted by Crippen LogP contribution is -2.39. The summed E-state index contributed by atoms with van der Waals surface area (Å²) in [7, 11) is 2.11. The molecule has 6 nitrogen and oxygen atoms in total. The van der Waals surface area contributed by atoms with Crippen molar-refractivity contribution in [3.05, 3.63) is 10.4 Å². The lowest BCUT2D eigenvalue weighted by Gasteiger charge is -2.31. The molecule has 2 rings (SSSR count). The van der Waals surface area contributed by atoms with Crippen LogP contribution in [0.15, 0.2) is 0 Å². The van der Waals surface area contributed by atoms with Crippen LogP contribution >= 0.6 is 11.3 Å². The summed E-state index contributed by atoms with van der Waals surface area (Å²) in [5.74, 6) is -0.569. The predicted octanol–water partition coefficient (Wildman–Crippen LogP) is 1.22. The van der Waals surface area contributed by atoms with Crippen LogP contribution in [0.5, 0.6) is 0 Å². The Morgan fingerprint density at radius 1 is 1.52 bits per heavy atom. The predicted molar refractivity (Wildman–Crippen MR) is 85.5 cm³/mol. The molecule has 0 bridgehead atoms. The second-order valence-corrected chi connectivity index (χ2v) is 6.37. The quantitative estimate of drug-likeness (QED) is 0.874. The molecule has 1 aliphatic rings. The Kier molecular flexibility index (Phi) is 4.70. The van der Waals surface area contributed by atoms with Crippen LogP contribution in [0.2, 0.25) is 0 Å². The topological polar surface area (TPSA) is 99.4 Å². The van der Waals surface area contributed by atoms with Crippen molar-refractivity contribution in [3.8, 4) is 6.07 Å². The molecular weight excluding hydrogens is 286 g/mol. The number of rotatable bonds is 3. The van der Waals surface area contributed by atoms with Crippen molar-refractivity contribution in [2.75, 3.05) is 37.3 Å². The van der Waals surface area contributed by atoms with Gasteiger partial charge in [-0.25, -0.2) is 0 Å². The number of likely N-dealkylation sites (N-methyl/N-ethyl adjacent to an activating group) is 1. The van der Waals surface area contributed by atoms with Gasteiger partial charge in [0.25, 0.3) is 5.91 Å². The molecule has 21 heavy (non-hydrogen) atoms. The van der Waals surface area contributed by atoms with Gasteiger partial charge in [0.05, 0.1) is 5.69 Å². The number of nitrogens with two attached hydrogens (primary N) is 2. The van der Waals surface area contributed by atoms with E-state index in [-0.39, 0.29) is 10.6 Å². The van der Waals surface area contributed by atoms with Gasteiger partial charge in [-0.15, -0.1) is 11.3 Å². The zero-order chi connectivity index (χ0) is 15.6. The molecule has 1 aliphatic heterocycles. The maximum absolute atomic E-state index is 11.5. The molecule has 1 aromatic rings. The van der Waals surface area contributed by atoms with Crippen molar-refractivity contribution in [1.29, 1.82) is 5.26 Å². The minimum Gasteiger partial charge on any atom is -0.396 e. The molecule has 0 radical (unpaired) electrons. The van der Waals surface area contributed by atoms with Crippen LogP contribution in [-0.4, -0.2) is 43.5 Å². The monoisotopic (exact) mass is 307 g/mol. The Balaban J connectivity index is 2.46. The Labute approximate surface area is 128 Å². The molecule has 1 saturated heterocycles. The molecule has 0 aromatic carbocycles. The van der Waals surface area contributed by atoms with Crippen molar-refractivity contribution in [3.63, 3.8) is 0 Å². The largest absolute Gasteiger partial charge is 0.396 e. The number of thiophene rings is 1. The number of hydrogen-bond acceptors (Lipinski definition) is 6. The molecular formula is C14H21N5OS. The van der Waals surface area contributed by atoms with Crippen LogP contribution in [-0.2, 0) is 0 Å². The van der Waals surface area contributed by atoms with Gasteiger partial charge in [-0.3, -0.25) is 4.79 Å². The van der Waals surface area contributed by atoms with Gasteiger partial charge in [-0.05, 0) is 26.4 Å². The standard InChI is InChI=1S/C14H21N5OS/c1-3-9-8-18(2)5-4-6-19(9)14-10(7-15)11(16)12(21-14)13(17)20/h9H,3-6,8,16H2,1-2H3,(H2,17,20). The lowest BCUT2D eigenvalue weighted by molar-refractivity contribution is 0.100. The fraction of sp³-hybridized carbons (Fsp3) is 0.571. The van der Waals surface area contributed by atoms with Gasteiger partial charge < -0.3 is 21.3 Å². The normalized spacial score (nSPS) is 20.0. The van der Waals surface area contributed by atoms with Crippen molar-refractivity contribution >= 4 is 27.9 Å². The number of nitrogens with zero attached hydrogens (tertiary/aromatic N) is 3. The molecule has 1 fully saturated rings. The van der Waals surface area contributed by atoms with Crippen molar-refractivity contribution in [2.45, 2.75) is 25.8 Å². The summed E-state index contributed by atoms with van der Waals surface area (Å²) in [6.07, 6.45) is 1.99. The summed E-state index contributed by atoms with van der Waals surface area (Å²) in [5.41, 5.74) is 11.9. The van der Waals surface area contributed by atoms with Crippen molar-refractivity contribution in [2.24, 2.45) is 5.73 Å². The number of nitriles is 1.